The van der Waals surface area contributed by atoms with E-state index in [9.17, 15) is 4.79 Å². The van der Waals surface area contributed by atoms with Crippen LogP contribution in [0, 0.1) is 13.8 Å². The standard InChI is InChI=1S/C15H23N3O.C2H6/c1-11-7-12(2)9-14(8-11)17-15(19)16-13-5-4-6-18(3)10-13;1-2/h7-9,13H,4-6,10H2,1-3H3,(H2,16,17,19);1-2H3/t13-;/m1./s1. The molecule has 0 spiro atoms. The Morgan fingerprint density at radius 3 is 2.38 bits per heavy atom. The molecule has 0 aromatic heterocycles. The number of hydrogen-bond donors (Lipinski definition) is 2. The van der Waals surface area contributed by atoms with Gasteiger partial charge in [-0.3, -0.25) is 0 Å². The number of aryl methyl sites for hydroxylation is 2. The molecule has 4 nitrogen and oxygen atoms in total. The normalized spacial score (nSPS) is 18.4. The van der Waals surface area contributed by atoms with Gasteiger partial charge < -0.3 is 15.5 Å². The summed E-state index contributed by atoms with van der Waals surface area (Å²) in [5.74, 6) is 0. The number of anilines is 1. The number of rotatable bonds is 2. The quantitative estimate of drug-likeness (QED) is 0.875. The summed E-state index contributed by atoms with van der Waals surface area (Å²) in [6.45, 7) is 10.1. The van der Waals surface area contributed by atoms with Crippen molar-refractivity contribution in [1.82, 2.24) is 10.2 Å². The Morgan fingerprint density at radius 1 is 1.19 bits per heavy atom. The van der Waals surface area contributed by atoms with Gasteiger partial charge in [0.25, 0.3) is 0 Å². The summed E-state index contributed by atoms with van der Waals surface area (Å²) in [6, 6.07) is 6.22. The number of piperidine rings is 1. The van der Waals surface area contributed by atoms with Gasteiger partial charge in [-0.2, -0.15) is 0 Å². The molecule has 0 radical (unpaired) electrons. The van der Waals surface area contributed by atoms with Crippen LogP contribution in [-0.4, -0.2) is 37.1 Å². The highest BCUT2D eigenvalue weighted by Gasteiger charge is 2.18. The van der Waals surface area contributed by atoms with Crippen LogP contribution in [0.5, 0.6) is 0 Å². The minimum Gasteiger partial charge on any atom is -0.334 e. The first-order valence-corrected chi connectivity index (χ1v) is 7.87. The summed E-state index contributed by atoms with van der Waals surface area (Å²) in [6.07, 6.45) is 2.20. The molecule has 1 fully saturated rings. The van der Waals surface area contributed by atoms with Crippen LogP contribution in [0.3, 0.4) is 0 Å². The number of hydrogen-bond acceptors (Lipinski definition) is 2. The Morgan fingerprint density at radius 2 is 1.81 bits per heavy atom. The number of nitrogens with one attached hydrogen (secondary N) is 2. The van der Waals surface area contributed by atoms with Crippen molar-refractivity contribution in [2.24, 2.45) is 0 Å². The van der Waals surface area contributed by atoms with Crippen molar-refractivity contribution in [2.45, 2.75) is 46.6 Å². The molecule has 0 aliphatic carbocycles. The second-order valence-electron chi connectivity index (χ2n) is 5.58. The Kier molecular flexibility index (Phi) is 7.23. The van der Waals surface area contributed by atoms with Gasteiger partial charge in [-0.05, 0) is 63.5 Å². The molecular weight excluding hydrogens is 262 g/mol. The van der Waals surface area contributed by atoms with E-state index in [0.717, 1.165) is 42.7 Å². The number of carbonyl (C=O) groups is 1. The molecule has 4 heteroatoms. The molecule has 0 unspecified atom stereocenters. The fraction of sp³-hybridized carbons (Fsp3) is 0.588. The number of benzene rings is 1. The Labute approximate surface area is 128 Å². The van der Waals surface area contributed by atoms with Crippen LogP contribution in [0.1, 0.15) is 37.8 Å². The molecule has 0 bridgehead atoms. The molecule has 0 saturated carbocycles. The van der Waals surface area contributed by atoms with Crippen LogP contribution in [0.2, 0.25) is 0 Å². The van der Waals surface area contributed by atoms with Gasteiger partial charge in [0, 0.05) is 18.3 Å². The summed E-state index contributed by atoms with van der Waals surface area (Å²) in [5.41, 5.74) is 3.18. The SMILES string of the molecule is CC.Cc1cc(C)cc(NC(=O)N[C@@H]2CCCN(C)C2)c1. The smallest absolute Gasteiger partial charge is 0.319 e. The number of urea groups is 1. The Bertz CT molecular complexity index is 439. The van der Waals surface area contributed by atoms with E-state index < -0.39 is 0 Å². The zero-order valence-corrected chi connectivity index (χ0v) is 14.0. The Hall–Kier alpha value is -1.55. The van der Waals surface area contributed by atoms with Crippen molar-refractivity contribution in [2.75, 3.05) is 25.5 Å². The third-order valence-electron chi connectivity index (χ3n) is 3.44. The monoisotopic (exact) mass is 291 g/mol. The maximum atomic E-state index is 12.0. The number of likely N-dealkylation sites (N-methyl/N-ethyl adjacent to an activating group) is 1. The van der Waals surface area contributed by atoms with Gasteiger partial charge in [0.05, 0.1) is 0 Å². The third kappa shape index (κ3) is 6.17. The van der Waals surface area contributed by atoms with E-state index in [1.54, 1.807) is 0 Å². The lowest BCUT2D eigenvalue weighted by molar-refractivity contribution is 0.216. The second kappa shape index (κ2) is 8.67. The first-order valence-electron chi connectivity index (χ1n) is 7.87. The largest absolute Gasteiger partial charge is 0.334 e. The lowest BCUT2D eigenvalue weighted by Gasteiger charge is -2.30. The van der Waals surface area contributed by atoms with Crippen molar-refractivity contribution >= 4 is 11.7 Å². The highest BCUT2D eigenvalue weighted by atomic mass is 16.2. The van der Waals surface area contributed by atoms with Crippen molar-refractivity contribution in [3.05, 3.63) is 29.3 Å². The highest BCUT2D eigenvalue weighted by molar-refractivity contribution is 5.89. The van der Waals surface area contributed by atoms with E-state index in [1.165, 1.54) is 0 Å². The first kappa shape index (κ1) is 17.5. The predicted molar refractivity (Wildman–Crippen MR) is 89.9 cm³/mol. The summed E-state index contributed by atoms with van der Waals surface area (Å²) in [7, 11) is 2.09. The van der Waals surface area contributed by atoms with Crippen LogP contribution in [0.15, 0.2) is 18.2 Å². The van der Waals surface area contributed by atoms with Gasteiger partial charge in [0.2, 0.25) is 0 Å². The van der Waals surface area contributed by atoms with Gasteiger partial charge in [-0.15, -0.1) is 0 Å². The van der Waals surface area contributed by atoms with Crippen LogP contribution < -0.4 is 10.6 Å². The molecule has 1 aliphatic heterocycles. The first-order chi connectivity index (χ1) is 10.0. The fourth-order valence-electron chi connectivity index (χ4n) is 2.68. The topological polar surface area (TPSA) is 44.4 Å². The van der Waals surface area contributed by atoms with Gasteiger partial charge in [0.15, 0.2) is 0 Å². The minimum absolute atomic E-state index is 0.106. The molecular formula is C17H29N3O. The van der Waals surface area contributed by atoms with Crippen molar-refractivity contribution in [3.63, 3.8) is 0 Å². The Balaban J connectivity index is 0.00000106. The van der Waals surface area contributed by atoms with Crippen molar-refractivity contribution in [1.29, 1.82) is 0 Å². The molecule has 1 heterocycles. The van der Waals surface area contributed by atoms with E-state index in [-0.39, 0.29) is 12.1 Å². The van der Waals surface area contributed by atoms with E-state index in [2.05, 4.69) is 28.6 Å². The van der Waals surface area contributed by atoms with E-state index in [1.807, 2.05) is 39.8 Å². The third-order valence-corrected chi connectivity index (χ3v) is 3.44. The summed E-state index contributed by atoms with van der Waals surface area (Å²) in [5, 5.41) is 5.96. The maximum Gasteiger partial charge on any atom is 0.319 e. The van der Waals surface area contributed by atoms with Crippen LogP contribution in [0.25, 0.3) is 0 Å². The summed E-state index contributed by atoms with van der Waals surface area (Å²) >= 11 is 0. The zero-order valence-electron chi connectivity index (χ0n) is 14.0. The lowest BCUT2D eigenvalue weighted by Crippen LogP contribution is -2.47. The fourth-order valence-corrected chi connectivity index (χ4v) is 2.68. The molecule has 2 N–H and O–H groups in total. The maximum absolute atomic E-state index is 12.0. The van der Waals surface area contributed by atoms with Gasteiger partial charge in [-0.25, -0.2) is 4.79 Å². The van der Waals surface area contributed by atoms with E-state index in [4.69, 9.17) is 0 Å². The summed E-state index contributed by atoms with van der Waals surface area (Å²) < 4.78 is 0. The molecule has 1 aromatic rings. The molecule has 1 atom stereocenters. The van der Waals surface area contributed by atoms with Gasteiger partial charge >= 0.3 is 6.03 Å². The van der Waals surface area contributed by atoms with E-state index in [0.29, 0.717) is 0 Å². The minimum atomic E-state index is -0.106. The van der Waals surface area contributed by atoms with E-state index >= 15 is 0 Å². The molecule has 1 aromatic carbocycles. The molecule has 2 rings (SSSR count). The van der Waals surface area contributed by atoms with Crippen LogP contribution >= 0.6 is 0 Å². The van der Waals surface area contributed by atoms with Crippen molar-refractivity contribution in [3.8, 4) is 0 Å². The molecule has 2 amide bonds. The number of amides is 2. The van der Waals surface area contributed by atoms with Crippen molar-refractivity contribution < 1.29 is 4.79 Å². The zero-order chi connectivity index (χ0) is 15.8. The molecule has 1 aliphatic rings. The van der Waals surface area contributed by atoms with Gasteiger partial charge in [-0.1, -0.05) is 19.9 Å². The predicted octanol–water partition coefficient (Wildman–Crippen LogP) is 3.55. The number of likely N-dealkylation sites (tertiary alicyclic amines) is 1. The lowest BCUT2D eigenvalue weighted by atomic mass is 10.1. The average Bonchev–Trinajstić information content (AvgIpc) is 2.39. The average molecular weight is 291 g/mol. The molecule has 21 heavy (non-hydrogen) atoms. The highest BCUT2D eigenvalue weighted by Crippen LogP contribution is 2.14. The summed E-state index contributed by atoms with van der Waals surface area (Å²) in [4.78, 5) is 14.2. The molecule has 118 valence electrons. The second-order valence-corrected chi connectivity index (χ2v) is 5.58. The molecule has 1 saturated heterocycles. The van der Waals surface area contributed by atoms with Gasteiger partial charge in [0.1, 0.15) is 0 Å². The number of carbonyl (C=O) groups excluding carboxylic acids is 1. The van der Waals surface area contributed by atoms with Crippen LogP contribution in [-0.2, 0) is 0 Å². The van der Waals surface area contributed by atoms with Crippen LogP contribution in [0.4, 0.5) is 10.5 Å². The number of nitrogens with zero attached hydrogens (tertiary/aromatic N) is 1.